The molecule has 0 saturated carbocycles. The Balaban J connectivity index is 2.89. The zero-order chi connectivity index (χ0) is 12.1. The van der Waals surface area contributed by atoms with Gasteiger partial charge in [-0.05, 0) is 32.8 Å². The molecule has 16 heavy (non-hydrogen) atoms. The number of hydrazine groups is 1. The summed E-state index contributed by atoms with van der Waals surface area (Å²) in [5.41, 5.74) is 6.21. The number of nitrogens with zero attached hydrogens (tertiary/aromatic N) is 2. The predicted molar refractivity (Wildman–Crippen MR) is 66.8 cm³/mol. The summed E-state index contributed by atoms with van der Waals surface area (Å²) in [6.07, 6.45) is 1.84. The first-order chi connectivity index (χ1) is 7.62. The molecule has 0 saturated heterocycles. The van der Waals surface area contributed by atoms with Crippen molar-refractivity contribution in [2.75, 3.05) is 0 Å². The van der Waals surface area contributed by atoms with Crippen LogP contribution < -0.4 is 11.3 Å². The molecule has 0 radical (unpaired) electrons. The molecule has 1 atom stereocenters. The van der Waals surface area contributed by atoms with Crippen LogP contribution in [-0.2, 0) is 6.54 Å². The fourth-order valence-electron chi connectivity index (χ4n) is 1.78. The van der Waals surface area contributed by atoms with Gasteiger partial charge in [0, 0.05) is 6.54 Å². The van der Waals surface area contributed by atoms with Crippen LogP contribution in [0.15, 0.2) is 18.2 Å². The molecule has 0 aliphatic rings. The molecule has 0 bridgehead atoms. The maximum atomic E-state index is 5.61. The van der Waals surface area contributed by atoms with Crippen LogP contribution in [0.1, 0.15) is 44.1 Å². The van der Waals surface area contributed by atoms with Gasteiger partial charge in [0.2, 0.25) is 0 Å². The van der Waals surface area contributed by atoms with Crippen LogP contribution in [0.25, 0.3) is 0 Å². The third kappa shape index (κ3) is 2.93. The van der Waals surface area contributed by atoms with Crippen molar-refractivity contribution >= 4 is 0 Å². The van der Waals surface area contributed by atoms with Crippen LogP contribution in [0.3, 0.4) is 0 Å². The molecule has 4 nitrogen and oxygen atoms in total. The van der Waals surface area contributed by atoms with E-state index >= 15 is 0 Å². The quantitative estimate of drug-likeness (QED) is 0.440. The summed E-state index contributed by atoms with van der Waals surface area (Å²) in [6.45, 7) is 11.1. The molecule has 1 aromatic heterocycles. The van der Waals surface area contributed by atoms with Crippen LogP contribution in [0.5, 0.6) is 0 Å². The van der Waals surface area contributed by atoms with E-state index in [0.29, 0.717) is 0 Å². The summed E-state index contributed by atoms with van der Waals surface area (Å²) < 4.78 is 1.99. The van der Waals surface area contributed by atoms with E-state index in [0.717, 1.165) is 30.8 Å². The second-order valence-corrected chi connectivity index (χ2v) is 4.05. The van der Waals surface area contributed by atoms with Crippen molar-refractivity contribution in [3.8, 4) is 0 Å². The minimum absolute atomic E-state index is 0.105. The first kappa shape index (κ1) is 12.9. The third-order valence-electron chi connectivity index (χ3n) is 2.78. The number of aryl methyl sites for hydroxylation is 2. The molecule has 0 fully saturated rings. The average Bonchev–Trinajstić information content (AvgIpc) is 2.66. The fraction of sp³-hybridized carbons (Fsp3) is 0.583. The SMILES string of the molecule is C=C(CC)CC(NN)c1cc(C)nn1CC. The summed E-state index contributed by atoms with van der Waals surface area (Å²) in [5.74, 6) is 5.61. The van der Waals surface area contributed by atoms with Gasteiger partial charge in [0.15, 0.2) is 0 Å². The molecule has 0 amide bonds. The Morgan fingerprint density at radius 3 is 2.81 bits per heavy atom. The minimum Gasteiger partial charge on any atom is -0.271 e. The van der Waals surface area contributed by atoms with E-state index < -0.39 is 0 Å². The van der Waals surface area contributed by atoms with E-state index in [1.54, 1.807) is 0 Å². The number of aromatic nitrogens is 2. The van der Waals surface area contributed by atoms with Gasteiger partial charge in [0.25, 0.3) is 0 Å². The first-order valence-electron chi connectivity index (χ1n) is 5.79. The van der Waals surface area contributed by atoms with Crippen LogP contribution in [-0.4, -0.2) is 9.78 Å². The number of nitrogens with one attached hydrogen (secondary N) is 1. The zero-order valence-corrected chi connectivity index (χ0v) is 10.5. The summed E-state index contributed by atoms with van der Waals surface area (Å²) in [4.78, 5) is 0. The number of nitrogens with two attached hydrogens (primary N) is 1. The molecule has 0 aromatic carbocycles. The van der Waals surface area contributed by atoms with E-state index in [2.05, 4.69) is 37.0 Å². The largest absolute Gasteiger partial charge is 0.271 e. The second-order valence-electron chi connectivity index (χ2n) is 4.05. The lowest BCUT2D eigenvalue weighted by Crippen LogP contribution is -2.30. The molecule has 3 N–H and O–H groups in total. The Morgan fingerprint density at radius 2 is 2.31 bits per heavy atom. The fourth-order valence-corrected chi connectivity index (χ4v) is 1.78. The Bertz CT molecular complexity index is 354. The highest BCUT2D eigenvalue weighted by Crippen LogP contribution is 2.21. The lowest BCUT2D eigenvalue weighted by Gasteiger charge is -2.17. The predicted octanol–water partition coefficient (Wildman–Crippen LogP) is 2.07. The third-order valence-corrected chi connectivity index (χ3v) is 2.78. The highest BCUT2D eigenvalue weighted by molar-refractivity contribution is 5.15. The number of rotatable bonds is 6. The summed E-state index contributed by atoms with van der Waals surface area (Å²) >= 11 is 0. The Labute approximate surface area is 97.5 Å². The van der Waals surface area contributed by atoms with Gasteiger partial charge < -0.3 is 0 Å². The summed E-state index contributed by atoms with van der Waals surface area (Å²) in [7, 11) is 0. The van der Waals surface area contributed by atoms with Gasteiger partial charge >= 0.3 is 0 Å². The van der Waals surface area contributed by atoms with Crippen LogP contribution in [0, 0.1) is 6.92 Å². The lowest BCUT2D eigenvalue weighted by molar-refractivity contribution is 0.486. The van der Waals surface area contributed by atoms with E-state index in [4.69, 9.17) is 5.84 Å². The molecule has 1 rings (SSSR count). The van der Waals surface area contributed by atoms with Gasteiger partial charge in [-0.3, -0.25) is 16.0 Å². The van der Waals surface area contributed by atoms with Crippen LogP contribution in [0.2, 0.25) is 0 Å². The van der Waals surface area contributed by atoms with Crippen molar-refractivity contribution in [1.29, 1.82) is 0 Å². The van der Waals surface area contributed by atoms with Crippen molar-refractivity contribution in [3.63, 3.8) is 0 Å². The molecule has 1 unspecified atom stereocenters. The van der Waals surface area contributed by atoms with Gasteiger partial charge in [-0.15, -0.1) is 0 Å². The van der Waals surface area contributed by atoms with Crippen molar-refractivity contribution in [2.24, 2.45) is 5.84 Å². The van der Waals surface area contributed by atoms with Crippen LogP contribution in [0.4, 0.5) is 0 Å². The zero-order valence-electron chi connectivity index (χ0n) is 10.5. The monoisotopic (exact) mass is 222 g/mol. The molecule has 0 spiro atoms. The maximum absolute atomic E-state index is 5.61. The Hall–Kier alpha value is -1.13. The van der Waals surface area contributed by atoms with E-state index in [9.17, 15) is 0 Å². The number of hydrogen-bond donors (Lipinski definition) is 2. The van der Waals surface area contributed by atoms with Crippen LogP contribution >= 0.6 is 0 Å². The van der Waals surface area contributed by atoms with Crippen molar-refractivity contribution in [1.82, 2.24) is 15.2 Å². The van der Waals surface area contributed by atoms with Gasteiger partial charge in [-0.25, -0.2) is 0 Å². The summed E-state index contributed by atoms with van der Waals surface area (Å²) in [5, 5.41) is 4.42. The number of hydrogen-bond acceptors (Lipinski definition) is 3. The van der Waals surface area contributed by atoms with E-state index in [1.165, 1.54) is 5.57 Å². The summed E-state index contributed by atoms with van der Waals surface area (Å²) in [6, 6.07) is 2.19. The maximum Gasteiger partial charge on any atom is 0.0666 e. The molecule has 0 aliphatic heterocycles. The molecule has 1 aromatic rings. The normalized spacial score (nSPS) is 12.8. The lowest BCUT2D eigenvalue weighted by atomic mass is 10.0. The smallest absolute Gasteiger partial charge is 0.0666 e. The van der Waals surface area contributed by atoms with Gasteiger partial charge in [-0.1, -0.05) is 19.1 Å². The van der Waals surface area contributed by atoms with Gasteiger partial charge in [0.1, 0.15) is 0 Å². The highest BCUT2D eigenvalue weighted by atomic mass is 15.3. The Kier molecular flexibility index (Phi) is 4.71. The molecule has 4 heteroatoms. The van der Waals surface area contributed by atoms with E-state index in [-0.39, 0.29) is 6.04 Å². The standard InChI is InChI=1S/C12H22N4/c1-5-9(3)7-11(14-13)12-8-10(4)15-16(12)6-2/h8,11,14H,3,5-7,13H2,1-2,4H3. The highest BCUT2D eigenvalue weighted by Gasteiger charge is 2.16. The molecule has 90 valence electrons. The average molecular weight is 222 g/mol. The minimum atomic E-state index is 0.105. The molecular weight excluding hydrogens is 200 g/mol. The molecule has 1 heterocycles. The van der Waals surface area contributed by atoms with Crippen molar-refractivity contribution < 1.29 is 0 Å². The van der Waals surface area contributed by atoms with Gasteiger partial charge in [-0.2, -0.15) is 5.10 Å². The first-order valence-corrected chi connectivity index (χ1v) is 5.79. The second kappa shape index (κ2) is 5.82. The van der Waals surface area contributed by atoms with E-state index in [1.807, 2.05) is 11.6 Å². The molecule has 0 aliphatic carbocycles. The van der Waals surface area contributed by atoms with Gasteiger partial charge in [0.05, 0.1) is 17.4 Å². The topological polar surface area (TPSA) is 55.9 Å². The molecular formula is C12H22N4. The van der Waals surface area contributed by atoms with Crippen molar-refractivity contribution in [3.05, 3.63) is 29.6 Å². The Morgan fingerprint density at radius 1 is 1.62 bits per heavy atom. The van der Waals surface area contributed by atoms with Crippen molar-refractivity contribution in [2.45, 2.75) is 46.2 Å².